The molecule has 0 spiro atoms. The lowest BCUT2D eigenvalue weighted by molar-refractivity contribution is -0.142. The normalized spacial score (nSPS) is 12.5. The van der Waals surface area contributed by atoms with Gasteiger partial charge in [-0.25, -0.2) is 4.79 Å². The van der Waals surface area contributed by atoms with Gasteiger partial charge in [-0.15, -0.1) is 0 Å². The van der Waals surface area contributed by atoms with Crippen LogP contribution in [-0.4, -0.2) is 44.8 Å². The Labute approximate surface area is 130 Å². The highest BCUT2D eigenvalue weighted by atomic mass is 32.1. The summed E-state index contributed by atoms with van der Waals surface area (Å²) in [7, 11) is 0. The van der Waals surface area contributed by atoms with Gasteiger partial charge in [0.1, 0.15) is 16.5 Å². The third-order valence-electron chi connectivity index (χ3n) is 1.43. The summed E-state index contributed by atoms with van der Waals surface area (Å²) in [5, 5.41) is 15.0. The summed E-state index contributed by atoms with van der Waals surface area (Å²) in [5.74, 6) is -2.36. The zero-order valence-corrected chi connectivity index (χ0v) is 14.1. The Balaban J connectivity index is 0. The molecule has 2 N–H and O–H groups in total. The number of ether oxygens (including phenoxy) is 2. The predicted octanol–water partition coefficient (Wildman–Crippen LogP) is 2.58. The molecule has 0 aromatic heterocycles. The minimum Gasteiger partial charge on any atom is -0.481 e. The van der Waals surface area contributed by atoms with E-state index in [0.29, 0.717) is 0 Å². The Morgan fingerprint density at radius 2 is 1.29 bits per heavy atom. The number of carbonyl (C=O) groups excluding carboxylic acids is 1. The lowest BCUT2D eigenvalue weighted by Gasteiger charge is -2.24. The van der Waals surface area contributed by atoms with Gasteiger partial charge >= 0.3 is 18.1 Å². The Morgan fingerprint density at radius 3 is 1.43 bits per heavy atom. The second kappa shape index (κ2) is 8.76. The Hall–Kier alpha value is -1.44. The van der Waals surface area contributed by atoms with E-state index in [2.05, 4.69) is 12.6 Å². The van der Waals surface area contributed by atoms with Crippen LogP contribution in [0.5, 0.6) is 0 Å². The number of rotatable bonds is 3. The molecule has 0 saturated heterocycles. The molecule has 0 saturated carbocycles. The van der Waals surface area contributed by atoms with Crippen LogP contribution in [0, 0.1) is 0 Å². The fourth-order valence-corrected chi connectivity index (χ4v) is 0.930. The first-order valence-electron chi connectivity index (χ1n) is 6.18. The van der Waals surface area contributed by atoms with Crippen molar-refractivity contribution in [2.24, 2.45) is 0 Å². The van der Waals surface area contributed by atoms with Crippen molar-refractivity contribution in [3.05, 3.63) is 0 Å². The van der Waals surface area contributed by atoms with Crippen molar-refractivity contribution < 1.29 is 34.1 Å². The number of carboxylic acids is 2. The van der Waals surface area contributed by atoms with Gasteiger partial charge in [0.2, 0.25) is 0 Å². The number of carboxylic acid groups (broad SMARTS) is 2. The van der Waals surface area contributed by atoms with Crippen molar-refractivity contribution >= 4 is 30.7 Å². The van der Waals surface area contributed by atoms with E-state index in [1.165, 1.54) is 0 Å². The summed E-state index contributed by atoms with van der Waals surface area (Å²) >= 11 is 3.48. The fourth-order valence-electron chi connectivity index (χ4n) is 0.774. The summed E-state index contributed by atoms with van der Waals surface area (Å²) < 4.78 is 9.91. The maximum Gasteiger partial charge on any atom is 0.509 e. The zero-order chi connectivity index (χ0) is 17.4. The smallest absolute Gasteiger partial charge is 0.481 e. The average molecular weight is 324 g/mol. The molecule has 0 aliphatic heterocycles. The van der Waals surface area contributed by atoms with E-state index >= 15 is 0 Å². The van der Waals surface area contributed by atoms with Crippen molar-refractivity contribution in [1.29, 1.82) is 0 Å². The van der Waals surface area contributed by atoms with Crippen LogP contribution in [0.25, 0.3) is 0 Å². The second-order valence-corrected chi connectivity index (χ2v) is 6.75. The van der Waals surface area contributed by atoms with Crippen LogP contribution in [0.2, 0.25) is 0 Å². The van der Waals surface area contributed by atoms with Gasteiger partial charge in [0.05, 0.1) is 6.42 Å². The molecule has 21 heavy (non-hydrogen) atoms. The number of aliphatic carboxylic acids is 2. The molecular weight excluding hydrogens is 300 g/mol. The van der Waals surface area contributed by atoms with Crippen molar-refractivity contribution in [3.8, 4) is 0 Å². The van der Waals surface area contributed by atoms with Crippen molar-refractivity contribution in [2.45, 2.75) is 64.4 Å². The Morgan fingerprint density at radius 1 is 0.952 bits per heavy atom. The van der Waals surface area contributed by atoms with Gasteiger partial charge in [0.15, 0.2) is 0 Å². The van der Waals surface area contributed by atoms with Gasteiger partial charge in [-0.3, -0.25) is 9.59 Å². The van der Waals surface area contributed by atoms with Crippen LogP contribution in [0.15, 0.2) is 0 Å². The van der Waals surface area contributed by atoms with Crippen LogP contribution in [0.1, 0.15) is 48.0 Å². The second-order valence-electron chi connectivity index (χ2n) is 6.13. The Bertz CT molecular complexity index is 348. The molecule has 0 aliphatic carbocycles. The topological polar surface area (TPSA) is 110 Å². The largest absolute Gasteiger partial charge is 0.509 e. The van der Waals surface area contributed by atoms with Crippen molar-refractivity contribution in [2.75, 3.05) is 0 Å². The first-order valence-corrected chi connectivity index (χ1v) is 6.70. The molecule has 124 valence electrons. The molecule has 0 radical (unpaired) electrons. The molecule has 0 aromatic rings. The minimum absolute atomic E-state index is 0.446. The van der Waals surface area contributed by atoms with Gasteiger partial charge in [-0.05, 0) is 41.5 Å². The maximum absolute atomic E-state index is 11.0. The van der Waals surface area contributed by atoms with Gasteiger partial charge in [-0.2, -0.15) is 12.6 Å². The molecule has 1 atom stereocenters. The molecule has 0 aromatic carbocycles. The Kier molecular flexibility index (Phi) is 9.12. The average Bonchev–Trinajstić information content (AvgIpc) is 2.10. The highest BCUT2D eigenvalue weighted by Crippen LogP contribution is 2.13. The summed E-state index contributed by atoms with van der Waals surface area (Å²) in [6.45, 7) is 10.8. The van der Waals surface area contributed by atoms with E-state index in [-0.39, 0.29) is 0 Å². The predicted molar refractivity (Wildman–Crippen MR) is 79.7 cm³/mol. The van der Waals surface area contributed by atoms with E-state index in [1.807, 2.05) is 0 Å². The van der Waals surface area contributed by atoms with Gasteiger partial charge < -0.3 is 19.7 Å². The first-order chi connectivity index (χ1) is 9.14. The molecule has 7 nitrogen and oxygen atoms in total. The van der Waals surface area contributed by atoms with E-state index in [1.54, 1.807) is 41.5 Å². The molecule has 1 unspecified atom stereocenters. The van der Waals surface area contributed by atoms with Crippen LogP contribution < -0.4 is 0 Å². The minimum atomic E-state index is -1.21. The van der Waals surface area contributed by atoms with Crippen LogP contribution in [0.4, 0.5) is 4.79 Å². The maximum atomic E-state index is 11.0. The third kappa shape index (κ3) is 18.6. The summed E-state index contributed by atoms with van der Waals surface area (Å²) in [4.78, 5) is 30.7. The van der Waals surface area contributed by atoms with Gasteiger partial charge in [0, 0.05) is 0 Å². The highest BCUT2D eigenvalue weighted by molar-refractivity contribution is 7.81. The van der Waals surface area contributed by atoms with E-state index < -0.39 is 41.0 Å². The van der Waals surface area contributed by atoms with Crippen molar-refractivity contribution in [1.82, 2.24) is 0 Å². The summed E-state index contributed by atoms with van der Waals surface area (Å²) in [6, 6.07) is 0. The van der Waals surface area contributed by atoms with Crippen LogP contribution in [0.3, 0.4) is 0 Å². The molecule has 0 amide bonds. The molecule has 0 rings (SSSR count). The van der Waals surface area contributed by atoms with Crippen LogP contribution >= 0.6 is 12.6 Å². The highest BCUT2D eigenvalue weighted by Gasteiger charge is 2.22. The van der Waals surface area contributed by atoms with Gasteiger partial charge in [-0.1, -0.05) is 0 Å². The number of thiol groups is 1. The quantitative estimate of drug-likeness (QED) is 0.540. The number of hydrogen-bond acceptors (Lipinski definition) is 6. The van der Waals surface area contributed by atoms with E-state index in [9.17, 15) is 14.4 Å². The zero-order valence-electron chi connectivity index (χ0n) is 13.2. The summed E-state index contributed by atoms with van der Waals surface area (Å²) in [6.07, 6.45) is -1.06. The number of carbonyl (C=O) groups is 3. The molecular formula is C13H24O7S. The third-order valence-corrected chi connectivity index (χ3v) is 1.84. The van der Waals surface area contributed by atoms with Crippen LogP contribution in [-0.2, 0) is 19.1 Å². The molecule has 8 heteroatoms. The molecule has 0 fully saturated rings. The number of hydrogen-bond donors (Lipinski definition) is 3. The standard InChI is InChI=1S/C9H18O3.C4H6O4S/c1-8(2,3)11-7(10)12-9(4,5)6;5-3(6)1-2(9)4(7)8/h1-6H3;2,9H,1H2,(H,5,6)(H,7,8). The monoisotopic (exact) mass is 324 g/mol. The van der Waals surface area contributed by atoms with E-state index in [0.717, 1.165) is 0 Å². The summed E-state index contributed by atoms with van der Waals surface area (Å²) in [5.41, 5.74) is -0.968. The fraction of sp³-hybridized carbons (Fsp3) is 0.769. The van der Waals surface area contributed by atoms with Crippen molar-refractivity contribution in [3.63, 3.8) is 0 Å². The van der Waals surface area contributed by atoms with E-state index in [4.69, 9.17) is 19.7 Å². The molecule has 0 heterocycles. The molecule has 0 bridgehead atoms. The lowest BCUT2D eigenvalue weighted by Crippen LogP contribution is -2.30. The van der Waals surface area contributed by atoms with Gasteiger partial charge in [0.25, 0.3) is 0 Å². The lowest BCUT2D eigenvalue weighted by atomic mass is 10.2. The molecule has 0 aliphatic rings. The SMILES string of the molecule is CC(C)(C)OC(=O)OC(C)(C)C.O=C(O)CC(S)C(=O)O. The first kappa shape index (κ1) is 21.9.